The first-order valence-electron chi connectivity index (χ1n) is 6.35. The standard InChI is InChI=1S/C15H12FNO6/c1-21-12-4-3-5-13(14(12)15(18)22-2)23-11-7-6-9(16)8-10(11)17(19)20/h3-8H,1-2H3. The van der Waals surface area contributed by atoms with E-state index in [1.165, 1.54) is 32.4 Å². The molecule has 120 valence electrons. The van der Waals surface area contributed by atoms with Gasteiger partial charge in [0.05, 0.1) is 25.2 Å². The zero-order chi connectivity index (χ0) is 17.0. The van der Waals surface area contributed by atoms with E-state index in [0.717, 1.165) is 18.2 Å². The smallest absolute Gasteiger partial charge is 0.345 e. The molecule has 0 N–H and O–H groups in total. The van der Waals surface area contributed by atoms with Gasteiger partial charge in [0.15, 0.2) is 0 Å². The van der Waals surface area contributed by atoms with E-state index in [0.29, 0.717) is 0 Å². The fraction of sp³-hybridized carbons (Fsp3) is 0.133. The van der Waals surface area contributed by atoms with Gasteiger partial charge in [0.25, 0.3) is 0 Å². The van der Waals surface area contributed by atoms with Gasteiger partial charge >= 0.3 is 11.7 Å². The summed E-state index contributed by atoms with van der Waals surface area (Å²) < 4.78 is 28.3. The van der Waals surface area contributed by atoms with Crippen LogP contribution in [0.5, 0.6) is 17.2 Å². The Bertz CT molecular complexity index is 762. The number of carbonyl (C=O) groups excluding carboxylic acids is 1. The summed E-state index contributed by atoms with van der Waals surface area (Å²) in [6.45, 7) is 0. The number of hydrogen-bond donors (Lipinski definition) is 0. The summed E-state index contributed by atoms with van der Waals surface area (Å²) in [5, 5.41) is 11.0. The second-order valence-corrected chi connectivity index (χ2v) is 4.30. The van der Waals surface area contributed by atoms with Crippen LogP contribution < -0.4 is 9.47 Å². The van der Waals surface area contributed by atoms with Crippen molar-refractivity contribution in [3.05, 3.63) is 57.9 Å². The third kappa shape index (κ3) is 3.37. The van der Waals surface area contributed by atoms with E-state index in [9.17, 15) is 19.3 Å². The predicted octanol–water partition coefficient (Wildman–Crippen LogP) is 3.32. The number of esters is 1. The summed E-state index contributed by atoms with van der Waals surface area (Å²) in [4.78, 5) is 22.1. The first kappa shape index (κ1) is 16.2. The van der Waals surface area contributed by atoms with Crippen LogP contribution >= 0.6 is 0 Å². The Kier molecular flexibility index (Phi) is 4.75. The molecule has 0 aliphatic carbocycles. The average molecular weight is 321 g/mol. The first-order valence-corrected chi connectivity index (χ1v) is 6.35. The quantitative estimate of drug-likeness (QED) is 0.477. The normalized spacial score (nSPS) is 10.0. The lowest BCUT2D eigenvalue weighted by atomic mass is 10.1. The molecule has 0 amide bonds. The highest BCUT2D eigenvalue weighted by Gasteiger charge is 2.23. The number of nitro groups is 1. The number of ether oxygens (including phenoxy) is 3. The van der Waals surface area contributed by atoms with Crippen molar-refractivity contribution < 1.29 is 28.3 Å². The molecule has 0 bridgehead atoms. The molecule has 0 fully saturated rings. The lowest BCUT2D eigenvalue weighted by Gasteiger charge is -2.13. The third-order valence-corrected chi connectivity index (χ3v) is 2.94. The lowest BCUT2D eigenvalue weighted by Crippen LogP contribution is -2.06. The summed E-state index contributed by atoms with van der Waals surface area (Å²) in [6, 6.07) is 7.32. The number of benzene rings is 2. The predicted molar refractivity (Wildman–Crippen MR) is 77.5 cm³/mol. The van der Waals surface area contributed by atoms with Gasteiger partial charge in [-0.05, 0) is 24.3 Å². The molecule has 0 saturated heterocycles. The van der Waals surface area contributed by atoms with Gasteiger partial charge in [-0.25, -0.2) is 9.18 Å². The Hall–Kier alpha value is -3.16. The van der Waals surface area contributed by atoms with Gasteiger partial charge in [0.1, 0.15) is 22.9 Å². The molecule has 23 heavy (non-hydrogen) atoms. The van der Waals surface area contributed by atoms with Crippen LogP contribution in [0, 0.1) is 15.9 Å². The Morgan fingerprint density at radius 3 is 2.43 bits per heavy atom. The van der Waals surface area contributed by atoms with Gasteiger partial charge in [-0.1, -0.05) is 6.07 Å². The summed E-state index contributed by atoms with van der Waals surface area (Å²) in [6.07, 6.45) is 0. The molecule has 8 heteroatoms. The van der Waals surface area contributed by atoms with Crippen molar-refractivity contribution in [2.45, 2.75) is 0 Å². The van der Waals surface area contributed by atoms with Gasteiger partial charge in [-0.3, -0.25) is 10.1 Å². The van der Waals surface area contributed by atoms with Crippen molar-refractivity contribution in [1.82, 2.24) is 0 Å². The molecule has 2 rings (SSSR count). The fourth-order valence-electron chi connectivity index (χ4n) is 1.91. The number of halogens is 1. The second-order valence-electron chi connectivity index (χ2n) is 4.30. The monoisotopic (exact) mass is 321 g/mol. The van der Waals surface area contributed by atoms with E-state index in [4.69, 9.17) is 9.47 Å². The minimum absolute atomic E-state index is 0.00842. The molecule has 0 heterocycles. The van der Waals surface area contributed by atoms with Gasteiger partial charge < -0.3 is 14.2 Å². The lowest BCUT2D eigenvalue weighted by molar-refractivity contribution is -0.385. The zero-order valence-electron chi connectivity index (χ0n) is 12.2. The maximum absolute atomic E-state index is 13.2. The van der Waals surface area contributed by atoms with Crippen molar-refractivity contribution >= 4 is 11.7 Å². The molecule has 0 aromatic heterocycles. The Morgan fingerprint density at radius 2 is 1.83 bits per heavy atom. The molecule has 0 unspecified atom stereocenters. The van der Waals surface area contributed by atoms with Crippen LogP contribution in [0.4, 0.5) is 10.1 Å². The van der Waals surface area contributed by atoms with Gasteiger partial charge in [0, 0.05) is 0 Å². The van der Waals surface area contributed by atoms with Crippen LogP contribution in [0.25, 0.3) is 0 Å². The van der Waals surface area contributed by atoms with Crippen molar-refractivity contribution in [1.29, 1.82) is 0 Å². The number of carbonyl (C=O) groups is 1. The van der Waals surface area contributed by atoms with Crippen LogP contribution in [0.15, 0.2) is 36.4 Å². The van der Waals surface area contributed by atoms with E-state index in [1.54, 1.807) is 0 Å². The largest absolute Gasteiger partial charge is 0.496 e. The van der Waals surface area contributed by atoms with Gasteiger partial charge in [0.2, 0.25) is 5.75 Å². The molecule has 2 aromatic rings. The molecular formula is C15H12FNO6. The van der Waals surface area contributed by atoms with Crippen LogP contribution in [0.3, 0.4) is 0 Å². The molecule has 0 aliphatic heterocycles. The van der Waals surface area contributed by atoms with Crippen molar-refractivity contribution in [3.8, 4) is 17.2 Å². The number of rotatable bonds is 5. The average Bonchev–Trinajstić information content (AvgIpc) is 2.55. The Balaban J connectivity index is 2.53. The van der Waals surface area contributed by atoms with E-state index >= 15 is 0 Å². The number of hydrogen-bond acceptors (Lipinski definition) is 6. The molecule has 0 spiro atoms. The van der Waals surface area contributed by atoms with E-state index < -0.39 is 22.4 Å². The number of methoxy groups -OCH3 is 2. The van der Waals surface area contributed by atoms with E-state index in [-0.39, 0.29) is 22.8 Å². The topological polar surface area (TPSA) is 87.9 Å². The molecule has 0 aliphatic rings. The highest BCUT2D eigenvalue weighted by molar-refractivity contribution is 5.95. The molecular weight excluding hydrogens is 309 g/mol. The minimum Gasteiger partial charge on any atom is -0.496 e. The Labute approximate surface area is 130 Å². The number of nitrogens with zero attached hydrogens (tertiary/aromatic N) is 1. The molecule has 7 nitrogen and oxygen atoms in total. The van der Waals surface area contributed by atoms with E-state index in [1.807, 2.05) is 0 Å². The van der Waals surface area contributed by atoms with Crippen molar-refractivity contribution in [3.63, 3.8) is 0 Å². The summed E-state index contributed by atoms with van der Waals surface area (Å²) in [5.41, 5.74) is -0.597. The zero-order valence-corrected chi connectivity index (χ0v) is 12.2. The van der Waals surface area contributed by atoms with Gasteiger partial charge in [-0.15, -0.1) is 0 Å². The van der Waals surface area contributed by atoms with Crippen LogP contribution in [-0.2, 0) is 4.74 Å². The summed E-state index contributed by atoms with van der Waals surface area (Å²) in [7, 11) is 2.53. The Morgan fingerprint density at radius 1 is 1.13 bits per heavy atom. The summed E-state index contributed by atoms with van der Waals surface area (Å²) in [5.74, 6) is -1.55. The van der Waals surface area contributed by atoms with Crippen LogP contribution in [0.2, 0.25) is 0 Å². The van der Waals surface area contributed by atoms with Crippen molar-refractivity contribution in [2.75, 3.05) is 14.2 Å². The SMILES string of the molecule is COC(=O)c1c(OC)cccc1Oc1ccc(F)cc1[N+](=O)[O-]. The highest BCUT2D eigenvalue weighted by Crippen LogP contribution is 2.36. The maximum atomic E-state index is 13.2. The van der Waals surface area contributed by atoms with E-state index in [2.05, 4.69) is 4.74 Å². The summed E-state index contributed by atoms with van der Waals surface area (Å²) >= 11 is 0. The molecule has 2 aromatic carbocycles. The second kappa shape index (κ2) is 6.73. The molecule has 0 saturated carbocycles. The van der Waals surface area contributed by atoms with Gasteiger partial charge in [-0.2, -0.15) is 0 Å². The van der Waals surface area contributed by atoms with Crippen LogP contribution in [0.1, 0.15) is 10.4 Å². The van der Waals surface area contributed by atoms with Crippen molar-refractivity contribution in [2.24, 2.45) is 0 Å². The highest BCUT2D eigenvalue weighted by atomic mass is 19.1. The third-order valence-electron chi connectivity index (χ3n) is 2.94. The molecule has 0 atom stereocenters. The van der Waals surface area contributed by atoms with Crippen LogP contribution in [-0.4, -0.2) is 25.1 Å². The minimum atomic E-state index is -0.781. The molecule has 0 radical (unpaired) electrons. The maximum Gasteiger partial charge on any atom is 0.345 e. The first-order chi connectivity index (χ1) is 11.0. The fourth-order valence-corrected chi connectivity index (χ4v) is 1.91. The number of nitro benzene ring substituents is 1.